The Morgan fingerprint density at radius 3 is 2.87 bits per heavy atom. The molecule has 4 nitrogen and oxygen atoms in total. The number of fused-ring (bicyclic) bond motifs is 3. The second-order valence-electron chi connectivity index (χ2n) is 5.57. The molecule has 0 saturated heterocycles. The number of benzene rings is 2. The van der Waals surface area contributed by atoms with Crippen LogP contribution in [0.2, 0.25) is 0 Å². The summed E-state index contributed by atoms with van der Waals surface area (Å²) >= 11 is 1.62. The van der Waals surface area contributed by atoms with Gasteiger partial charge in [0.25, 0.3) is 0 Å². The van der Waals surface area contributed by atoms with Crippen molar-refractivity contribution in [1.82, 2.24) is 9.97 Å². The van der Waals surface area contributed by atoms with E-state index >= 15 is 0 Å². The Bertz CT molecular complexity index is 1050. The highest BCUT2D eigenvalue weighted by Crippen LogP contribution is 2.29. The van der Waals surface area contributed by atoms with Crippen molar-refractivity contribution in [1.29, 1.82) is 0 Å². The van der Waals surface area contributed by atoms with E-state index in [1.807, 2.05) is 50.2 Å². The number of ketones is 1. The van der Waals surface area contributed by atoms with E-state index in [1.165, 1.54) is 0 Å². The summed E-state index contributed by atoms with van der Waals surface area (Å²) in [7, 11) is 0. The van der Waals surface area contributed by atoms with Crippen molar-refractivity contribution in [3.05, 3.63) is 58.4 Å². The lowest BCUT2D eigenvalue weighted by Crippen LogP contribution is -2.03. The van der Waals surface area contributed by atoms with Crippen LogP contribution in [0.1, 0.15) is 26.8 Å². The summed E-state index contributed by atoms with van der Waals surface area (Å²) < 4.78 is 6.90. The maximum absolute atomic E-state index is 12.4. The molecule has 5 heteroatoms. The molecule has 4 aromatic rings. The molecule has 0 atom stereocenters. The minimum Gasteiger partial charge on any atom is -0.438 e. The van der Waals surface area contributed by atoms with Gasteiger partial charge in [-0.15, -0.1) is 11.3 Å². The summed E-state index contributed by atoms with van der Waals surface area (Å²) in [6, 6.07) is 11.5. The van der Waals surface area contributed by atoms with E-state index in [-0.39, 0.29) is 12.2 Å². The number of aryl methyl sites for hydroxylation is 2. The van der Waals surface area contributed by atoms with Gasteiger partial charge in [0, 0.05) is 5.56 Å². The number of carbonyl (C=O) groups is 1. The van der Waals surface area contributed by atoms with E-state index in [0.29, 0.717) is 17.0 Å². The lowest BCUT2D eigenvalue weighted by molar-refractivity contribution is 0.0986. The molecule has 0 aliphatic carbocycles. The highest BCUT2D eigenvalue weighted by molar-refractivity contribution is 7.18. The fourth-order valence-corrected chi connectivity index (χ4v) is 3.49. The van der Waals surface area contributed by atoms with Gasteiger partial charge >= 0.3 is 0 Å². The quantitative estimate of drug-likeness (QED) is 0.522. The average Bonchev–Trinajstić information content (AvgIpc) is 3.08. The Hall–Kier alpha value is -2.53. The summed E-state index contributed by atoms with van der Waals surface area (Å²) in [4.78, 5) is 21.3. The largest absolute Gasteiger partial charge is 0.438 e. The standard InChI is InChI=1S/C18H14N2O2S/c1-10-4-3-5-12(8-10)14(21)9-16-20-13-6-7-15-17(18(13)22-16)19-11(2)23-15/h3-8H,9H2,1-2H3. The maximum atomic E-state index is 12.4. The zero-order valence-corrected chi connectivity index (χ0v) is 13.6. The molecule has 114 valence electrons. The first kappa shape index (κ1) is 14.1. The first-order valence-corrected chi connectivity index (χ1v) is 8.17. The summed E-state index contributed by atoms with van der Waals surface area (Å²) in [6.45, 7) is 3.94. The minimum atomic E-state index is 0.00552. The van der Waals surface area contributed by atoms with Crippen LogP contribution >= 0.6 is 11.3 Å². The van der Waals surface area contributed by atoms with E-state index in [9.17, 15) is 4.79 Å². The Kier molecular flexibility index (Phi) is 3.23. The lowest BCUT2D eigenvalue weighted by atomic mass is 10.1. The van der Waals surface area contributed by atoms with Crippen LogP contribution in [0.25, 0.3) is 21.3 Å². The number of hydrogen-bond donors (Lipinski definition) is 0. The lowest BCUT2D eigenvalue weighted by Gasteiger charge is -1.99. The van der Waals surface area contributed by atoms with E-state index in [2.05, 4.69) is 9.97 Å². The van der Waals surface area contributed by atoms with Crippen LogP contribution < -0.4 is 0 Å². The third-order valence-corrected chi connectivity index (χ3v) is 4.65. The fourth-order valence-electron chi connectivity index (χ4n) is 2.67. The molecule has 2 aromatic heterocycles. The summed E-state index contributed by atoms with van der Waals surface area (Å²) in [5, 5.41) is 0.987. The first-order chi connectivity index (χ1) is 11.1. The molecule has 0 fully saturated rings. The number of nitrogens with zero attached hydrogens (tertiary/aromatic N) is 2. The smallest absolute Gasteiger partial charge is 0.203 e. The SMILES string of the molecule is Cc1cccc(C(=O)Cc2nc3ccc4sc(C)nc4c3o2)c1. The molecular formula is C18H14N2O2S. The molecule has 0 radical (unpaired) electrons. The molecule has 4 rings (SSSR count). The van der Waals surface area contributed by atoms with Crippen molar-refractivity contribution in [3.63, 3.8) is 0 Å². The molecule has 0 unspecified atom stereocenters. The van der Waals surface area contributed by atoms with Crippen LogP contribution in [-0.4, -0.2) is 15.8 Å². The van der Waals surface area contributed by atoms with Crippen molar-refractivity contribution in [2.75, 3.05) is 0 Å². The van der Waals surface area contributed by atoms with E-state index in [4.69, 9.17) is 4.42 Å². The summed E-state index contributed by atoms with van der Waals surface area (Å²) in [6.07, 6.45) is 0.156. The first-order valence-electron chi connectivity index (χ1n) is 7.35. The van der Waals surface area contributed by atoms with Gasteiger partial charge in [-0.1, -0.05) is 23.8 Å². The molecule has 0 aliphatic rings. The summed E-state index contributed by atoms with van der Waals surface area (Å²) in [5.41, 5.74) is 3.98. The minimum absolute atomic E-state index is 0.00552. The molecular weight excluding hydrogens is 308 g/mol. The van der Waals surface area contributed by atoms with E-state index in [0.717, 1.165) is 26.3 Å². The fraction of sp³-hybridized carbons (Fsp3) is 0.167. The van der Waals surface area contributed by atoms with Gasteiger partial charge in [0.05, 0.1) is 16.1 Å². The molecule has 2 heterocycles. The molecule has 0 saturated carbocycles. The number of aromatic nitrogens is 2. The van der Waals surface area contributed by atoms with Crippen LogP contribution in [0.5, 0.6) is 0 Å². The third kappa shape index (κ3) is 2.53. The van der Waals surface area contributed by atoms with Crippen molar-refractivity contribution >= 4 is 38.4 Å². The Balaban J connectivity index is 1.72. The van der Waals surface area contributed by atoms with E-state index in [1.54, 1.807) is 11.3 Å². The average molecular weight is 322 g/mol. The van der Waals surface area contributed by atoms with Gasteiger partial charge in [-0.25, -0.2) is 9.97 Å². The zero-order valence-electron chi connectivity index (χ0n) is 12.8. The van der Waals surface area contributed by atoms with Gasteiger partial charge in [0.2, 0.25) is 5.89 Å². The molecule has 0 aliphatic heterocycles. The van der Waals surface area contributed by atoms with Gasteiger partial charge < -0.3 is 4.42 Å². The van der Waals surface area contributed by atoms with Crippen LogP contribution in [-0.2, 0) is 6.42 Å². The van der Waals surface area contributed by atoms with Crippen LogP contribution in [0.15, 0.2) is 40.8 Å². The highest BCUT2D eigenvalue weighted by atomic mass is 32.1. The molecule has 0 N–H and O–H groups in total. The van der Waals surface area contributed by atoms with Crippen LogP contribution in [0.3, 0.4) is 0 Å². The molecule has 23 heavy (non-hydrogen) atoms. The number of hydrogen-bond acceptors (Lipinski definition) is 5. The molecule has 0 amide bonds. The zero-order chi connectivity index (χ0) is 16.0. The number of rotatable bonds is 3. The highest BCUT2D eigenvalue weighted by Gasteiger charge is 2.15. The van der Waals surface area contributed by atoms with Crippen LogP contribution in [0, 0.1) is 13.8 Å². The summed E-state index contributed by atoms with van der Waals surface area (Å²) in [5.74, 6) is 0.440. The predicted octanol–water partition coefficient (Wildman–Crippen LogP) is 4.48. The monoisotopic (exact) mass is 322 g/mol. The Morgan fingerprint density at radius 2 is 2.04 bits per heavy atom. The number of thiazole rings is 1. The Labute approximate surface area is 136 Å². The second-order valence-corrected chi connectivity index (χ2v) is 6.81. The van der Waals surface area contributed by atoms with Crippen molar-refractivity contribution in [3.8, 4) is 0 Å². The topological polar surface area (TPSA) is 56.0 Å². The van der Waals surface area contributed by atoms with Gasteiger partial charge in [0.15, 0.2) is 11.4 Å². The maximum Gasteiger partial charge on any atom is 0.203 e. The predicted molar refractivity (Wildman–Crippen MR) is 91.1 cm³/mol. The van der Waals surface area contributed by atoms with Crippen molar-refractivity contribution in [2.45, 2.75) is 20.3 Å². The molecule has 0 spiro atoms. The number of Topliss-reactive ketones (excluding diaryl/α,β-unsaturated/α-hetero) is 1. The van der Waals surface area contributed by atoms with Crippen LogP contribution in [0.4, 0.5) is 0 Å². The van der Waals surface area contributed by atoms with Gasteiger partial charge in [-0.3, -0.25) is 4.79 Å². The second kappa shape index (κ2) is 5.28. The molecule has 0 bridgehead atoms. The number of carbonyl (C=O) groups excluding carboxylic acids is 1. The van der Waals surface area contributed by atoms with E-state index < -0.39 is 0 Å². The van der Waals surface area contributed by atoms with Crippen molar-refractivity contribution in [2.24, 2.45) is 0 Å². The Morgan fingerprint density at radius 1 is 1.17 bits per heavy atom. The molecule has 2 aromatic carbocycles. The number of oxazole rings is 1. The third-order valence-electron chi connectivity index (χ3n) is 3.72. The van der Waals surface area contributed by atoms with Gasteiger partial charge in [0.1, 0.15) is 11.0 Å². The normalized spacial score (nSPS) is 11.4. The van der Waals surface area contributed by atoms with Crippen molar-refractivity contribution < 1.29 is 9.21 Å². The van der Waals surface area contributed by atoms with Gasteiger partial charge in [-0.05, 0) is 32.0 Å². The van der Waals surface area contributed by atoms with Gasteiger partial charge in [-0.2, -0.15) is 0 Å².